The number of aryl methyl sites for hydroxylation is 1. The van der Waals surface area contributed by atoms with E-state index in [1.165, 1.54) is 5.56 Å². The Bertz CT molecular complexity index is 679. The van der Waals surface area contributed by atoms with Crippen molar-refractivity contribution < 1.29 is 14.3 Å². The Hall–Kier alpha value is -2.17. The molecule has 3 rings (SSSR count). The van der Waals surface area contributed by atoms with Crippen molar-refractivity contribution in [2.75, 3.05) is 39.5 Å². The van der Waals surface area contributed by atoms with Gasteiger partial charge in [-0.3, -0.25) is 9.69 Å². The first kappa shape index (κ1) is 19.6. The fourth-order valence-corrected chi connectivity index (χ4v) is 3.28. The third kappa shape index (κ3) is 6.81. The Morgan fingerprint density at radius 1 is 0.963 bits per heavy atom. The number of Topliss-reactive ketones (excluding diaryl/α,β-unsaturated/α-hetero) is 1. The smallest absolute Gasteiger partial charge is 0.162 e. The standard InChI is InChI=1S/C23H29NO3/c25-23(9-4-8-20-6-2-1-3-7-20)21-10-12-22(13-11-21)27-17-5-14-24-15-18-26-19-16-24/h1-3,6-7,10-13H,4-5,8-9,14-19H2. The maximum Gasteiger partial charge on any atom is 0.162 e. The molecule has 1 aliphatic rings. The van der Waals surface area contributed by atoms with Crippen molar-refractivity contribution in [1.82, 2.24) is 4.90 Å². The van der Waals surface area contributed by atoms with Gasteiger partial charge in [-0.2, -0.15) is 0 Å². The molecule has 27 heavy (non-hydrogen) atoms. The number of ether oxygens (including phenoxy) is 2. The second kappa shape index (κ2) is 10.9. The molecule has 2 aromatic rings. The minimum Gasteiger partial charge on any atom is -0.494 e. The molecule has 0 unspecified atom stereocenters. The zero-order valence-corrected chi connectivity index (χ0v) is 15.9. The van der Waals surface area contributed by atoms with Crippen LogP contribution in [0, 0.1) is 0 Å². The van der Waals surface area contributed by atoms with Crippen molar-refractivity contribution >= 4 is 5.78 Å². The fourth-order valence-electron chi connectivity index (χ4n) is 3.28. The van der Waals surface area contributed by atoms with Crippen LogP contribution in [0.2, 0.25) is 0 Å². The third-order valence-corrected chi connectivity index (χ3v) is 4.88. The number of nitrogens with zero attached hydrogens (tertiary/aromatic N) is 1. The van der Waals surface area contributed by atoms with E-state index in [1.54, 1.807) is 0 Å². The van der Waals surface area contributed by atoms with Crippen molar-refractivity contribution in [2.24, 2.45) is 0 Å². The summed E-state index contributed by atoms with van der Waals surface area (Å²) in [5.41, 5.74) is 2.05. The molecule has 1 saturated heterocycles. The summed E-state index contributed by atoms with van der Waals surface area (Å²) in [5, 5.41) is 0. The van der Waals surface area contributed by atoms with Gasteiger partial charge in [0.2, 0.25) is 0 Å². The van der Waals surface area contributed by atoms with E-state index >= 15 is 0 Å². The lowest BCUT2D eigenvalue weighted by Gasteiger charge is -2.26. The van der Waals surface area contributed by atoms with Crippen LogP contribution in [-0.4, -0.2) is 50.1 Å². The maximum absolute atomic E-state index is 12.3. The van der Waals surface area contributed by atoms with Crippen LogP contribution in [0.1, 0.15) is 35.2 Å². The molecule has 0 bridgehead atoms. The first-order chi connectivity index (χ1) is 13.3. The van der Waals surface area contributed by atoms with Gasteiger partial charge in [0.15, 0.2) is 5.78 Å². The number of benzene rings is 2. The molecular weight excluding hydrogens is 338 g/mol. The van der Waals surface area contributed by atoms with Crippen LogP contribution < -0.4 is 4.74 Å². The van der Waals surface area contributed by atoms with Gasteiger partial charge in [0.05, 0.1) is 19.8 Å². The number of morpholine rings is 1. The molecule has 0 spiro atoms. The highest BCUT2D eigenvalue weighted by Crippen LogP contribution is 2.15. The summed E-state index contributed by atoms with van der Waals surface area (Å²) in [7, 11) is 0. The number of rotatable bonds is 10. The van der Waals surface area contributed by atoms with Crippen LogP contribution in [-0.2, 0) is 11.2 Å². The monoisotopic (exact) mass is 367 g/mol. The first-order valence-electron chi connectivity index (χ1n) is 9.91. The predicted octanol–water partition coefficient (Wildman–Crippen LogP) is 3.99. The van der Waals surface area contributed by atoms with Gasteiger partial charge in [-0.15, -0.1) is 0 Å². The average molecular weight is 367 g/mol. The zero-order valence-electron chi connectivity index (χ0n) is 15.9. The summed E-state index contributed by atoms with van der Waals surface area (Å²) in [6.07, 6.45) is 3.40. The zero-order chi connectivity index (χ0) is 18.7. The van der Waals surface area contributed by atoms with Crippen molar-refractivity contribution in [3.05, 3.63) is 65.7 Å². The van der Waals surface area contributed by atoms with Crippen molar-refractivity contribution in [3.63, 3.8) is 0 Å². The van der Waals surface area contributed by atoms with E-state index in [0.29, 0.717) is 13.0 Å². The van der Waals surface area contributed by atoms with Crippen LogP contribution in [0.25, 0.3) is 0 Å². The highest BCUT2D eigenvalue weighted by molar-refractivity contribution is 5.96. The van der Waals surface area contributed by atoms with Crippen molar-refractivity contribution in [1.29, 1.82) is 0 Å². The Kier molecular flexibility index (Phi) is 7.87. The summed E-state index contributed by atoms with van der Waals surface area (Å²) in [5.74, 6) is 1.03. The van der Waals surface area contributed by atoms with Gasteiger partial charge in [-0.1, -0.05) is 30.3 Å². The molecule has 0 N–H and O–H groups in total. The first-order valence-corrected chi connectivity index (χ1v) is 9.91. The minimum absolute atomic E-state index is 0.199. The van der Waals surface area contributed by atoms with E-state index in [0.717, 1.165) is 63.4 Å². The Balaban J connectivity index is 1.34. The number of carbonyl (C=O) groups excluding carboxylic acids is 1. The van der Waals surface area contributed by atoms with Gasteiger partial charge in [0, 0.05) is 31.6 Å². The Morgan fingerprint density at radius 3 is 2.44 bits per heavy atom. The van der Waals surface area contributed by atoms with Gasteiger partial charge in [0.25, 0.3) is 0 Å². The van der Waals surface area contributed by atoms with Crippen LogP contribution in [0.15, 0.2) is 54.6 Å². The van der Waals surface area contributed by atoms with Crippen LogP contribution >= 0.6 is 0 Å². The molecule has 0 radical (unpaired) electrons. The molecule has 0 saturated carbocycles. The quantitative estimate of drug-likeness (QED) is 0.470. The van der Waals surface area contributed by atoms with E-state index in [-0.39, 0.29) is 5.78 Å². The van der Waals surface area contributed by atoms with E-state index < -0.39 is 0 Å². The lowest BCUT2D eigenvalue weighted by Crippen LogP contribution is -2.37. The van der Waals surface area contributed by atoms with Crippen LogP contribution in [0.5, 0.6) is 5.75 Å². The summed E-state index contributed by atoms with van der Waals surface area (Å²) in [6, 6.07) is 17.9. The summed E-state index contributed by atoms with van der Waals surface area (Å²) in [4.78, 5) is 14.7. The average Bonchev–Trinajstić information content (AvgIpc) is 2.73. The Labute approximate surface area is 162 Å². The molecule has 0 amide bonds. The summed E-state index contributed by atoms with van der Waals surface area (Å²) in [6.45, 7) is 5.44. The second-order valence-electron chi connectivity index (χ2n) is 6.94. The van der Waals surface area contributed by atoms with Crippen LogP contribution in [0.3, 0.4) is 0 Å². The van der Waals surface area contributed by atoms with Crippen LogP contribution in [0.4, 0.5) is 0 Å². The lowest BCUT2D eigenvalue weighted by atomic mass is 10.0. The summed E-state index contributed by atoms with van der Waals surface area (Å²) < 4.78 is 11.2. The van der Waals surface area contributed by atoms with Crippen molar-refractivity contribution in [2.45, 2.75) is 25.7 Å². The highest BCUT2D eigenvalue weighted by Gasteiger charge is 2.09. The molecule has 0 atom stereocenters. The molecule has 1 heterocycles. The minimum atomic E-state index is 0.199. The fraction of sp³-hybridized carbons (Fsp3) is 0.435. The predicted molar refractivity (Wildman–Crippen MR) is 108 cm³/mol. The Morgan fingerprint density at radius 2 is 1.70 bits per heavy atom. The SMILES string of the molecule is O=C(CCCc1ccccc1)c1ccc(OCCCN2CCOCC2)cc1. The van der Waals surface area contributed by atoms with Crippen molar-refractivity contribution in [3.8, 4) is 5.75 Å². The van der Waals surface area contributed by atoms with Gasteiger partial charge >= 0.3 is 0 Å². The highest BCUT2D eigenvalue weighted by atomic mass is 16.5. The topological polar surface area (TPSA) is 38.8 Å². The molecule has 0 aliphatic carbocycles. The molecule has 1 aliphatic heterocycles. The lowest BCUT2D eigenvalue weighted by molar-refractivity contribution is 0.0358. The molecule has 144 valence electrons. The van der Waals surface area contributed by atoms with Gasteiger partial charge in [-0.05, 0) is 49.1 Å². The molecule has 1 fully saturated rings. The second-order valence-corrected chi connectivity index (χ2v) is 6.94. The van der Waals surface area contributed by atoms with E-state index in [4.69, 9.17) is 9.47 Å². The molecule has 4 heteroatoms. The molecular formula is C23H29NO3. The normalized spacial score (nSPS) is 14.8. The largest absolute Gasteiger partial charge is 0.494 e. The summed E-state index contributed by atoms with van der Waals surface area (Å²) >= 11 is 0. The number of hydrogen-bond acceptors (Lipinski definition) is 4. The molecule has 4 nitrogen and oxygen atoms in total. The van der Waals surface area contributed by atoms with E-state index in [1.807, 2.05) is 42.5 Å². The number of ketones is 1. The number of hydrogen-bond donors (Lipinski definition) is 0. The van der Waals surface area contributed by atoms with E-state index in [9.17, 15) is 4.79 Å². The maximum atomic E-state index is 12.3. The van der Waals surface area contributed by atoms with Gasteiger partial charge < -0.3 is 9.47 Å². The third-order valence-electron chi connectivity index (χ3n) is 4.88. The van der Waals surface area contributed by atoms with Gasteiger partial charge in [0.1, 0.15) is 5.75 Å². The molecule has 2 aromatic carbocycles. The van der Waals surface area contributed by atoms with E-state index in [2.05, 4.69) is 17.0 Å². The number of carbonyl (C=O) groups is 1. The molecule has 0 aromatic heterocycles. The van der Waals surface area contributed by atoms with Gasteiger partial charge in [-0.25, -0.2) is 0 Å².